The van der Waals surface area contributed by atoms with Crippen molar-refractivity contribution in [2.45, 2.75) is 37.8 Å². The van der Waals surface area contributed by atoms with Gasteiger partial charge in [-0.3, -0.25) is 9.80 Å². The van der Waals surface area contributed by atoms with Crippen molar-refractivity contribution in [3.63, 3.8) is 0 Å². The van der Waals surface area contributed by atoms with Crippen LogP contribution in [0.5, 0.6) is 46.0 Å². The Morgan fingerprint density at radius 1 is 0.667 bits per heavy atom. The fourth-order valence-corrected chi connectivity index (χ4v) is 7.37. The summed E-state index contributed by atoms with van der Waals surface area (Å²) < 4.78 is 37.4. The second kappa shape index (κ2) is 11.2. The third-order valence-corrected chi connectivity index (χ3v) is 9.87. The maximum atomic E-state index is 7.01. The van der Waals surface area contributed by atoms with Crippen LogP contribution in [0.15, 0.2) is 60.7 Å². The van der Waals surface area contributed by atoms with Gasteiger partial charge < -0.3 is 28.4 Å². The molecule has 5 aliphatic rings. The van der Waals surface area contributed by atoms with E-state index in [1.807, 2.05) is 12.1 Å². The van der Waals surface area contributed by atoms with E-state index in [1.54, 1.807) is 14.2 Å². The monoisotopic (exact) mass is 606 g/mol. The van der Waals surface area contributed by atoms with Gasteiger partial charge in [0, 0.05) is 36.3 Å². The maximum absolute atomic E-state index is 7.01. The molecule has 4 bridgehead atoms. The van der Waals surface area contributed by atoms with Crippen molar-refractivity contribution in [2.75, 3.05) is 48.2 Å². The Balaban J connectivity index is 1.36. The number of methoxy groups -OCH3 is 2. The van der Waals surface area contributed by atoms with Gasteiger partial charge in [-0.1, -0.05) is 24.3 Å². The molecule has 232 valence electrons. The zero-order valence-corrected chi connectivity index (χ0v) is 26.2. The van der Waals surface area contributed by atoms with Crippen molar-refractivity contribution in [3.05, 3.63) is 94.0 Å². The zero-order chi connectivity index (χ0) is 30.7. The fourth-order valence-electron chi connectivity index (χ4n) is 7.37. The molecule has 0 N–H and O–H groups in total. The summed E-state index contributed by atoms with van der Waals surface area (Å²) in [6.45, 7) is 2.04. The van der Waals surface area contributed by atoms with Gasteiger partial charge in [0.05, 0.1) is 14.2 Å². The first-order chi connectivity index (χ1) is 22.0. The molecule has 0 aromatic heterocycles. The van der Waals surface area contributed by atoms with Gasteiger partial charge in [0.1, 0.15) is 5.75 Å². The van der Waals surface area contributed by atoms with Crippen molar-refractivity contribution in [1.82, 2.24) is 9.80 Å². The van der Waals surface area contributed by atoms with Crippen LogP contribution in [0.3, 0.4) is 0 Å². The molecule has 0 unspecified atom stereocenters. The van der Waals surface area contributed by atoms with Gasteiger partial charge in [0.25, 0.3) is 0 Å². The van der Waals surface area contributed by atoms with Crippen molar-refractivity contribution >= 4 is 0 Å². The molecule has 9 rings (SSSR count). The molecule has 4 aromatic rings. The van der Waals surface area contributed by atoms with Gasteiger partial charge in [0.15, 0.2) is 34.5 Å². The molecule has 0 fully saturated rings. The van der Waals surface area contributed by atoms with E-state index in [9.17, 15) is 0 Å². The summed E-state index contributed by atoms with van der Waals surface area (Å²) in [5, 5.41) is 0. The highest BCUT2D eigenvalue weighted by Crippen LogP contribution is 2.53. The molecular weight excluding hydrogens is 568 g/mol. The lowest BCUT2D eigenvalue weighted by atomic mass is 9.87. The molecule has 5 heterocycles. The van der Waals surface area contributed by atoms with E-state index in [-0.39, 0.29) is 18.9 Å². The first-order valence-electron chi connectivity index (χ1n) is 15.7. The topological polar surface area (TPSA) is 61.9 Å². The highest BCUT2D eigenvalue weighted by atomic mass is 16.7. The average Bonchev–Trinajstić information content (AvgIpc) is 3.53. The Hall–Kier alpha value is -4.40. The van der Waals surface area contributed by atoms with E-state index in [0.717, 1.165) is 78.6 Å². The second-order valence-electron chi connectivity index (χ2n) is 12.4. The molecular formula is C37H38N2O6. The lowest BCUT2D eigenvalue weighted by Gasteiger charge is -2.37. The van der Waals surface area contributed by atoms with E-state index >= 15 is 0 Å². The van der Waals surface area contributed by atoms with Crippen molar-refractivity contribution < 1.29 is 28.4 Å². The highest BCUT2D eigenvalue weighted by Gasteiger charge is 2.36. The highest BCUT2D eigenvalue weighted by molar-refractivity contribution is 5.64. The summed E-state index contributed by atoms with van der Waals surface area (Å²) in [5.41, 5.74) is 7.14. The number of nitrogens with zero attached hydrogens (tertiary/aromatic N) is 2. The van der Waals surface area contributed by atoms with Crippen LogP contribution in [0, 0.1) is 0 Å². The van der Waals surface area contributed by atoms with Gasteiger partial charge >= 0.3 is 0 Å². The first kappa shape index (κ1) is 28.1. The Morgan fingerprint density at radius 3 is 2.24 bits per heavy atom. The van der Waals surface area contributed by atoms with Gasteiger partial charge in [-0.05, 0) is 98.4 Å². The van der Waals surface area contributed by atoms with E-state index in [1.165, 1.54) is 22.3 Å². The fraction of sp³-hybridized carbons (Fsp3) is 0.351. The van der Waals surface area contributed by atoms with Crippen molar-refractivity contribution in [3.8, 4) is 46.0 Å². The first-order valence-corrected chi connectivity index (χ1v) is 15.7. The number of fused-ring (bicyclic) bond motifs is 3. The number of hydrogen-bond acceptors (Lipinski definition) is 8. The Kier molecular flexibility index (Phi) is 6.99. The molecule has 5 aliphatic heterocycles. The standard InChI is InChI=1S/C37H38N2O6/c1-38-14-12-23-18-31(41-4)32-20-27(23)28(38)17-25-6-5-7-30(40-3)35(25)44-26-10-8-22(9-11-26)16-29-34-24(13-15-39(29)2)19-33-36(37(34)45-32)43-21-42-33/h5-11,18-20,28-29H,12-17,21H2,1-4H3/t28-,29+/m1/s1. The van der Waals surface area contributed by atoms with Crippen LogP contribution < -0.4 is 28.4 Å². The van der Waals surface area contributed by atoms with Crippen LogP contribution in [-0.4, -0.2) is 58.0 Å². The van der Waals surface area contributed by atoms with Gasteiger partial charge in [-0.25, -0.2) is 0 Å². The van der Waals surface area contributed by atoms with E-state index in [2.05, 4.69) is 72.4 Å². The number of ether oxygens (including phenoxy) is 6. The lowest BCUT2D eigenvalue weighted by molar-refractivity contribution is 0.171. The van der Waals surface area contributed by atoms with Gasteiger partial charge in [0.2, 0.25) is 12.5 Å². The predicted octanol–water partition coefficient (Wildman–Crippen LogP) is 6.87. The molecule has 0 saturated carbocycles. The third-order valence-electron chi connectivity index (χ3n) is 9.87. The third kappa shape index (κ3) is 4.84. The van der Waals surface area contributed by atoms with E-state index in [0.29, 0.717) is 17.2 Å². The molecule has 8 nitrogen and oxygen atoms in total. The maximum Gasteiger partial charge on any atom is 0.231 e. The van der Waals surface area contributed by atoms with Crippen molar-refractivity contribution in [1.29, 1.82) is 0 Å². The molecule has 8 heteroatoms. The summed E-state index contributed by atoms with van der Waals surface area (Å²) in [6, 6.07) is 21.2. The molecule has 0 spiro atoms. The molecule has 0 saturated heterocycles. The zero-order valence-electron chi connectivity index (χ0n) is 26.2. The van der Waals surface area contributed by atoms with Crippen LogP contribution in [0.1, 0.15) is 45.5 Å². The average molecular weight is 607 g/mol. The predicted molar refractivity (Wildman–Crippen MR) is 171 cm³/mol. The number of rotatable bonds is 2. The van der Waals surface area contributed by atoms with Crippen LogP contribution >= 0.6 is 0 Å². The van der Waals surface area contributed by atoms with Crippen molar-refractivity contribution in [2.24, 2.45) is 0 Å². The number of benzene rings is 4. The molecule has 45 heavy (non-hydrogen) atoms. The van der Waals surface area contributed by atoms with E-state index < -0.39 is 0 Å². The Bertz CT molecular complexity index is 1770. The van der Waals surface area contributed by atoms with Crippen LogP contribution in [-0.2, 0) is 25.7 Å². The summed E-state index contributed by atoms with van der Waals surface area (Å²) in [5.74, 6) is 5.74. The molecule has 0 aliphatic carbocycles. The number of hydrogen-bond donors (Lipinski definition) is 0. The Morgan fingerprint density at radius 2 is 1.44 bits per heavy atom. The smallest absolute Gasteiger partial charge is 0.231 e. The molecule has 0 radical (unpaired) electrons. The van der Waals surface area contributed by atoms with Crippen LogP contribution in [0.2, 0.25) is 0 Å². The molecule has 4 aromatic carbocycles. The van der Waals surface area contributed by atoms with Crippen LogP contribution in [0.4, 0.5) is 0 Å². The largest absolute Gasteiger partial charge is 0.493 e. The van der Waals surface area contributed by atoms with Gasteiger partial charge in [-0.15, -0.1) is 0 Å². The SMILES string of the molecule is COc1cc2c3cc1Oc1c4c(cc5c1[C@H](Cc1ccc(cc1)Oc1c(cccc1OC)C[C@H]3N(C)CC2)N(C)CC5)OCO4. The minimum Gasteiger partial charge on any atom is -0.493 e. The quantitative estimate of drug-likeness (QED) is 0.245. The second-order valence-corrected chi connectivity index (χ2v) is 12.4. The van der Waals surface area contributed by atoms with Crippen LogP contribution in [0.25, 0.3) is 0 Å². The summed E-state index contributed by atoms with van der Waals surface area (Å²) in [4.78, 5) is 4.82. The lowest BCUT2D eigenvalue weighted by Crippen LogP contribution is -2.34. The summed E-state index contributed by atoms with van der Waals surface area (Å²) in [7, 11) is 7.78. The Labute approximate surface area is 264 Å². The van der Waals surface area contributed by atoms with Gasteiger partial charge in [-0.2, -0.15) is 0 Å². The minimum atomic E-state index is 0.0732. The number of likely N-dealkylation sites (N-methyl/N-ethyl adjacent to an activating group) is 2. The normalized spacial score (nSPS) is 20.4. The summed E-state index contributed by atoms with van der Waals surface area (Å²) >= 11 is 0. The summed E-state index contributed by atoms with van der Waals surface area (Å²) in [6.07, 6.45) is 3.36. The minimum absolute atomic E-state index is 0.0732. The molecule has 0 amide bonds. The molecule has 2 atom stereocenters. The van der Waals surface area contributed by atoms with E-state index in [4.69, 9.17) is 28.4 Å². The number of para-hydroxylation sites is 1.